The van der Waals surface area contributed by atoms with E-state index in [4.69, 9.17) is 11.6 Å². The number of halogens is 5. The predicted octanol–water partition coefficient (Wildman–Crippen LogP) is 5.29. The Kier molecular flexibility index (Phi) is 5.37. The summed E-state index contributed by atoms with van der Waals surface area (Å²) in [7, 11) is 0. The van der Waals surface area contributed by atoms with Crippen LogP contribution in [0.3, 0.4) is 0 Å². The molecule has 0 spiro atoms. The molecule has 5 nitrogen and oxygen atoms in total. The van der Waals surface area contributed by atoms with Crippen LogP contribution >= 0.6 is 11.6 Å². The molecule has 2 N–H and O–H groups in total. The van der Waals surface area contributed by atoms with Crippen LogP contribution < -0.4 is 10.6 Å². The molecule has 2 aromatic carbocycles. The zero-order chi connectivity index (χ0) is 23.2. The third-order valence-electron chi connectivity index (χ3n) is 5.10. The lowest BCUT2D eigenvalue weighted by molar-refractivity contribution is -0.137. The quantitative estimate of drug-likeness (QED) is 0.410. The van der Waals surface area contributed by atoms with E-state index in [-0.39, 0.29) is 16.4 Å². The first-order valence-electron chi connectivity index (χ1n) is 9.30. The summed E-state index contributed by atoms with van der Waals surface area (Å²) in [6, 6.07) is 8.09. The van der Waals surface area contributed by atoms with Gasteiger partial charge in [-0.15, -0.1) is 0 Å². The van der Waals surface area contributed by atoms with Crippen molar-refractivity contribution in [3.63, 3.8) is 0 Å². The van der Waals surface area contributed by atoms with Crippen molar-refractivity contribution in [3.05, 3.63) is 93.0 Å². The number of alkyl halides is 3. The van der Waals surface area contributed by atoms with Crippen molar-refractivity contribution in [1.82, 2.24) is 10.3 Å². The Bertz CT molecular complexity index is 1260. The smallest absolute Gasteiger partial charge is 0.341 e. The van der Waals surface area contributed by atoms with E-state index >= 15 is 0 Å². The van der Waals surface area contributed by atoms with Gasteiger partial charge in [-0.1, -0.05) is 35.9 Å². The van der Waals surface area contributed by atoms with Crippen molar-refractivity contribution in [2.24, 2.45) is 0 Å². The Morgan fingerprint density at radius 2 is 1.91 bits per heavy atom. The van der Waals surface area contributed by atoms with Gasteiger partial charge in [0, 0.05) is 11.1 Å². The van der Waals surface area contributed by atoms with E-state index < -0.39 is 41.0 Å². The number of hydrogen-bond donors (Lipinski definition) is 2. The summed E-state index contributed by atoms with van der Waals surface area (Å²) in [4.78, 5) is 29.2. The Morgan fingerprint density at radius 1 is 1.19 bits per heavy atom. The third kappa shape index (κ3) is 3.91. The lowest BCUT2D eigenvalue weighted by atomic mass is 9.94. The molecule has 2 heterocycles. The van der Waals surface area contributed by atoms with E-state index in [1.165, 1.54) is 6.20 Å². The molecule has 1 aliphatic heterocycles. The zero-order valence-corrected chi connectivity index (χ0v) is 17.1. The van der Waals surface area contributed by atoms with E-state index in [0.29, 0.717) is 23.8 Å². The number of nitrogens with one attached hydrogen (secondary N) is 2. The summed E-state index contributed by atoms with van der Waals surface area (Å²) in [6.45, 7) is 1.84. The molecular weight excluding hydrogens is 450 g/mol. The van der Waals surface area contributed by atoms with Gasteiger partial charge >= 0.3 is 6.18 Å². The fourth-order valence-electron chi connectivity index (χ4n) is 3.61. The van der Waals surface area contributed by atoms with E-state index in [1.807, 2.05) is 19.1 Å². The molecule has 0 saturated heterocycles. The van der Waals surface area contributed by atoms with Crippen LogP contribution in [0.1, 0.15) is 49.0 Å². The number of carbonyl (C=O) groups excluding carboxylic acids is 2. The van der Waals surface area contributed by atoms with Gasteiger partial charge in [-0.05, 0) is 36.2 Å². The van der Waals surface area contributed by atoms with Gasteiger partial charge in [-0.3, -0.25) is 9.59 Å². The molecule has 0 radical (unpaired) electrons. The molecule has 1 unspecified atom stereocenters. The van der Waals surface area contributed by atoms with Gasteiger partial charge in [0.25, 0.3) is 11.8 Å². The average Bonchev–Trinajstić information content (AvgIpc) is 3.07. The highest BCUT2D eigenvalue weighted by Crippen LogP contribution is 2.40. The van der Waals surface area contributed by atoms with E-state index in [0.717, 1.165) is 11.1 Å². The van der Waals surface area contributed by atoms with Crippen molar-refractivity contribution >= 4 is 29.1 Å². The molecule has 0 bridgehead atoms. The van der Waals surface area contributed by atoms with Crippen molar-refractivity contribution < 1.29 is 27.2 Å². The van der Waals surface area contributed by atoms with E-state index in [9.17, 15) is 27.2 Å². The standard InChI is InChI=1S/C22H14ClF4N3O2/c1-10-4-2-3-5-14(10)18-16-15(9-28-19(23)17(16)21(32)30-18)29-20(31)11-6-12(22(25,26)27)8-13(24)7-11/h2-9,18H,1H3,(H,29,31)(H,30,32). The molecular formula is C22H14ClF4N3O2. The number of pyridine rings is 1. The van der Waals surface area contributed by atoms with E-state index in [1.54, 1.807) is 12.1 Å². The predicted molar refractivity (Wildman–Crippen MR) is 109 cm³/mol. The van der Waals surface area contributed by atoms with Crippen LogP contribution in [0, 0.1) is 12.7 Å². The lowest BCUT2D eigenvalue weighted by Gasteiger charge is -2.18. The maximum atomic E-state index is 13.7. The van der Waals surface area contributed by atoms with Gasteiger partial charge in [0.2, 0.25) is 0 Å². The highest BCUT2D eigenvalue weighted by molar-refractivity contribution is 6.33. The molecule has 3 aromatic rings. The van der Waals surface area contributed by atoms with Crippen molar-refractivity contribution in [2.75, 3.05) is 5.32 Å². The Balaban J connectivity index is 1.77. The fraction of sp³-hybridized carbons (Fsp3) is 0.136. The fourth-order valence-corrected chi connectivity index (χ4v) is 3.85. The van der Waals surface area contributed by atoms with Crippen molar-refractivity contribution in [3.8, 4) is 0 Å². The number of rotatable bonds is 3. The molecule has 4 rings (SSSR count). The van der Waals surface area contributed by atoms with Gasteiger partial charge in [0.15, 0.2) is 0 Å². The third-order valence-corrected chi connectivity index (χ3v) is 5.39. The van der Waals surface area contributed by atoms with Crippen LogP contribution in [0.15, 0.2) is 48.7 Å². The number of aromatic nitrogens is 1. The minimum Gasteiger partial charge on any atom is -0.341 e. The number of anilines is 1. The Hall–Kier alpha value is -3.46. The van der Waals surface area contributed by atoms with Crippen LogP contribution in [0.4, 0.5) is 23.2 Å². The zero-order valence-electron chi connectivity index (χ0n) is 16.3. The molecule has 0 saturated carbocycles. The number of fused-ring (bicyclic) bond motifs is 1. The maximum Gasteiger partial charge on any atom is 0.416 e. The highest BCUT2D eigenvalue weighted by Gasteiger charge is 2.36. The average molecular weight is 464 g/mol. The topological polar surface area (TPSA) is 71.1 Å². The second-order valence-electron chi connectivity index (χ2n) is 7.19. The second-order valence-corrected chi connectivity index (χ2v) is 7.55. The minimum atomic E-state index is -4.83. The van der Waals surface area contributed by atoms with Crippen LogP contribution in [0.5, 0.6) is 0 Å². The monoisotopic (exact) mass is 463 g/mol. The van der Waals surface area contributed by atoms with Crippen LogP contribution in [0.2, 0.25) is 5.15 Å². The number of carbonyl (C=O) groups is 2. The Labute approximate surface area is 184 Å². The molecule has 1 aromatic heterocycles. The highest BCUT2D eigenvalue weighted by atomic mass is 35.5. The molecule has 0 fully saturated rings. The molecule has 10 heteroatoms. The summed E-state index contributed by atoms with van der Waals surface area (Å²) >= 11 is 6.12. The van der Waals surface area contributed by atoms with Crippen LogP contribution in [-0.4, -0.2) is 16.8 Å². The summed E-state index contributed by atoms with van der Waals surface area (Å²) in [5.41, 5.74) is 0.206. The lowest BCUT2D eigenvalue weighted by Crippen LogP contribution is -2.21. The van der Waals surface area contributed by atoms with Gasteiger partial charge < -0.3 is 10.6 Å². The molecule has 0 aliphatic carbocycles. The number of hydrogen-bond acceptors (Lipinski definition) is 3. The number of amides is 2. The number of aryl methyl sites for hydroxylation is 1. The van der Waals surface area contributed by atoms with Gasteiger partial charge in [0.1, 0.15) is 11.0 Å². The first kappa shape index (κ1) is 21.8. The largest absolute Gasteiger partial charge is 0.416 e. The number of nitrogens with zero attached hydrogens (tertiary/aromatic N) is 1. The first-order chi connectivity index (χ1) is 15.1. The minimum absolute atomic E-state index is 0.0490. The molecule has 1 atom stereocenters. The molecule has 32 heavy (non-hydrogen) atoms. The normalized spacial score (nSPS) is 15.3. The summed E-state index contributed by atoms with van der Waals surface area (Å²) in [5.74, 6) is -2.71. The van der Waals surface area contributed by atoms with Gasteiger partial charge in [0.05, 0.1) is 29.1 Å². The van der Waals surface area contributed by atoms with Crippen molar-refractivity contribution in [1.29, 1.82) is 0 Å². The Morgan fingerprint density at radius 3 is 2.59 bits per heavy atom. The van der Waals surface area contributed by atoms with Crippen LogP contribution in [-0.2, 0) is 6.18 Å². The summed E-state index contributed by atoms with van der Waals surface area (Å²) in [5, 5.41) is 5.14. The summed E-state index contributed by atoms with van der Waals surface area (Å²) in [6.07, 6.45) is -3.62. The van der Waals surface area contributed by atoms with Crippen LogP contribution in [0.25, 0.3) is 0 Å². The molecule has 164 valence electrons. The van der Waals surface area contributed by atoms with E-state index in [2.05, 4.69) is 15.6 Å². The first-order valence-corrected chi connectivity index (χ1v) is 9.68. The SMILES string of the molecule is Cc1ccccc1C1NC(=O)c2c(Cl)ncc(NC(=O)c3cc(F)cc(C(F)(F)F)c3)c21. The van der Waals surface area contributed by atoms with Gasteiger partial charge in [-0.25, -0.2) is 9.37 Å². The van der Waals surface area contributed by atoms with Crippen molar-refractivity contribution in [2.45, 2.75) is 19.1 Å². The second kappa shape index (κ2) is 7.90. The maximum absolute atomic E-state index is 13.7. The van der Waals surface area contributed by atoms with Gasteiger partial charge in [-0.2, -0.15) is 13.2 Å². The molecule has 2 amide bonds. The number of benzene rings is 2. The summed E-state index contributed by atoms with van der Waals surface area (Å²) < 4.78 is 52.8. The molecule has 1 aliphatic rings.